The first kappa shape index (κ1) is 16.6. The number of carbonyl (C=O) groups is 1. The van der Waals surface area contributed by atoms with Crippen LogP contribution in [0.3, 0.4) is 0 Å². The van der Waals surface area contributed by atoms with Crippen molar-refractivity contribution in [1.82, 2.24) is 10.2 Å². The maximum atomic E-state index is 11.6. The maximum absolute atomic E-state index is 11.6. The van der Waals surface area contributed by atoms with Gasteiger partial charge in [0.15, 0.2) is 0 Å². The molecule has 6 heteroatoms. The number of piperidine rings is 1. The molecule has 1 aromatic carbocycles. The summed E-state index contributed by atoms with van der Waals surface area (Å²) in [5.74, 6) is 0. The van der Waals surface area contributed by atoms with Gasteiger partial charge in [0.1, 0.15) is 0 Å². The van der Waals surface area contributed by atoms with Crippen LogP contribution in [0.5, 0.6) is 0 Å². The van der Waals surface area contributed by atoms with Gasteiger partial charge in [0.25, 0.3) is 0 Å². The average Bonchev–Trinajstić information content (AvgIpc) is 2.49. The zero-order chi connectivity index (χ0) is 15.2. The monoisotopic (exact) mass is 374 g/mol. The van der Waals surface area contributed by atoms with Crippen molar-refractivity contribution in [3.63, 3.8) is 0 Å². The fraction of sp³-hybridized carbons (Fsp3) is 0.533. The Kier molecular flexibility index (Phi) is 6.33. The molecule has 0 atom stereocenters. The van der Waals surface area contributed by atoms with Gasteiger partial charge in [-0.05, 0) is 53.4 Å². The van der Waals surface area contributed by atoms with Crippen LogP contribution in [0.15, 0.2) is 22.7 Å². The van der Waals surface area contributed by atoms with Crippen molar-refractivity contribution in [3.05, 3.63) is 33.3 Å². The number of amides is 1. The van der Waals surface area contributed by atoms with E-state index >= 15 is 0 Å². The van der Waals surface area contributed by atoms with Crippen LogP contribution in [0.4, 0.5) is 4.79 Å². The van der Waals surface area contributed by atoms with Gasteiger partial charge in [-0.15, -0.1) is 0 Å². The predicted molar refractivity (Wildman–Crippen MR) is 87.6 cm³/mol. The van der Waals surface area contributed by atoms with Crippen molar-refractivity contribution in [2.45, 2.75) is 32.4 Å². The highest BCUT2D eigenvalue weighted by Crippen LogP contribution is 2.23. The number of benzene rings is 1. The minimum Gasteiger partial charge on any atom is -0.450 e. The largest absolute Gasteiger partial charge is 0.450 e. The SMILES string of the molecule is CCOC(=O)N1CCC(NCc2ccc(Cl)c(Br)c2)CC1. The van der Waals surface area contributed by atoms with E-state index in [1.165, 1.54) is 5.56 Å². The highest BCUT2D eigenvalue weighted by Gasteiger charge is 2.23. The van der Waals surface area contributed by atoms with Crippen LogP contribution >= 0.6 is 27.5 Å². The first-order chi connectivity index (χ1) is 10.1. The van der Waals surface area contributed by atoms with E-state index in [0.717, 1.165) is 42.0 Å². The molecular formula is C15H20BrClN2O2. The summed E-state index contributed by atoms with van der Waals surface area (Å²) in [6.07, 6.45) is 1.71. The van der Waals surface area contributed by atoms with Gasteiger partial charge in [0, 0.05) is 30.1 Å². The summed E-state index contributed by atoms with van der Waals surface area (Å²) in [4.78, 5) is 13.4. The summed E-state index contributed by atoms with van der Waals surface area (Å²) in [6.45, 7) is 4.57. The number of halogens is 2. The molecule has 1 saturated heterocycles. The van der Waals surface area contributed by atoms with Gasteiger partial charge in [0.05, 0.1) is 11.6 Å². The molecule has 1 fully saturated rings. The molecule has 0 radical (unpaired) electrons. The third kappa shape index (κ3) is 4.87. The quantitative estimate of drug-likeness (QED) is 0.870. The maximum Gasteiger partial charge on any atom is 0.409 e. The zero-order valence-corrected chi connectivity index (χ0v) is 14.4. The van der Waals surface area contributed by atoms with Gasteiger partial charge in [-0.2, -0.15) is 0 Å². The van der Waals surface area contributed by atoms with Gasteiger partial charge in [-0.25, -0.2) is 4.79 Å². The number of ether oxygens (including phenoxy) is 1. The minimum atomic E-state index is -0.197. The van der Waals surface area contributed by atoms with Crippen molar-refractivity contribution in [2.24, 2.45) is 0 Å². The molecule has 116 valence electrons. The predicted octanol–water partition coefficient (Wildman–Crippen LogP) is 3.81. The summed E-state index contributed by atoms with van der Waals surface area (Å²) in [5.41, 5.74) is 1.19. The smallest absolute Gasteiger partial charge is 0.409 e. The molecule has 1 N–H and O–H groups in total. The second-order valence-electron chi connectivity index (χ2n) is 5.09. The van der Waals surface area contributed by atoms with Crippen LogP contribution in [0.25, 0.3) is 0 Å². The summed E-state index contributed by atoms with van der Waals surface area (Å²) in [5, 5.41) is 4.26. The Morgan fingerprint density at radius 3 is 2.81 bits per heavy atom. The van der Waals surface area contributed by atoms with Crippen molar-refractivity contribution in [1.29, 1.82) is 0 Å². The van der Waals surface area contributed by atoms with E-state index in [9.17, 15) is 4.79 Å². The van der Waals surface area contributed by atoms with Crippen LogP contribution < -0.4 is 5.32 Å². The van der Waals surface area contributed by atoms with Crippen molar-refractivity contribution < 1.29 is 9.53 Å². The molecule has 4 nitrogen and oxygen atoms in total. The standard InChI is InChI=1S/C15H20BrClN2O2/c1-2-21-15(20)19-7-5-12(6-8-19)18-10-11-3-4-14(17)13(16)9-11/h3-4,9,12,18H,2,5-8,10H2,1H3. The molecule has 0 saturated carbocycles. The number of hydrogen-bond donors (Lipinski definition) is 1. The fourth-order valence-corrected chi connectivity index (χ4v) is 2.94. The van der Waals surface area contributed by atoms with Gasteiger partial charge in [0.2, 0.25) is 0 Å². The lowest BCUT2D eigenvalue weighted by Crippen LogP contribution is -2.44. The third-order valence-corrected chi connectivity index (χ3v) is 4.81. The summed E-state index contributed by atoms with van der Waals surface area (Å²) in [7, 11) is 0. The van der Waals surface area contributed by atoms with Crippen LogP contribution in [0, 0.1) is 0 Å². The molecule has 1 aromatic rings. The van der Waals surface area contributed by atoms with Crippen LogP contribution in [-0.4, -0.2) is 36.7 Å². The topological polar surface area (TPSA) is 41.6 Å². The lowest BCUT2D eigenvalue weighted by atomic mass is 10.0. The normalized spacial score (nSPS) is 16.0. The van der Waals surface area contributed by atoms with Crippen LogP contribution in [-0.2, 0) is 11.3 Å². The number of likely N-dealkylation sites (tertiary alicyclic amines) is 1. The summed E-state index contributed by atoms with van der Waals surface area (Å²) in [6, 6.07) is 6.38. The second kappa shape index (κ2) is 8.01. The summed E-state index contributed by atoms with van der Waals surface area (Å²) < 4.78 is 5.94. The van der Waals surface area contributed by atoms with E-state index in [4.69, 9.17) is 16.3 Å². The average molecular weight is 376 g/mol. The summed E-state index contributed by atoms with van der Waals surface area (Å²) >= 11 is 9.42. The molecule has 2 rings (SSSR count). The highest BCUT2D eigenvalue weighted by atomic mass is 79.9. The molecule has 1 amide bonds. The lowest BCUT2D eigenvalue weighted by Gasteiger charge is -2.31. The Hall–Kier alpha value is -0.780. The molecule has 1 aliphatic heterocycles. The number of hydrogen-bond acceptors (Lipinski definition) is 3. The van der Waals surface area contributed by atoms with E-state index in [0.29, 0.717) is 12.6 Å². The Balaban J connectivity index is 1.76. The lowest BCUT2D eigenvalue weighted by molar-refractivity contribution is 0.0950. The Bertz CT molecular complexity index is 491. The van der Waals surface area contributed by atoms with E-state index in [1.54, 1.807) is 4.90 Å². The Morgan fingerprint density at radius 1 is 1.48 bits per heavy atom. The first-order valence-corrected chi connectivity index (χ1v) is 8.36. The van der Waals surface area contributed by atoms with Gasteiger partial charge < -0.3 is 15.0 Å². The first-order valence-electron chi connectivity index (χ1n) is 7.19. The van der Waals surface area contributed by atoms with Gasteiger partial charge in [-0.1, -0.05) is 17.7 Å². The molecule has 1 aliphatic rings. The van der Waals surface area contributed by atoms with Crippen molar-refractivity contribution in [3.8, 4) is 0 Å². The highest BCUT2D eigenvalue weighted by molar-refractivity contribution is 9.10. The van der Waals surface area contributed by atoms with E-state index in [-0.39, 0.29) is 6.09 Å². The molecule has 0 aromatic heterocycles. The second-order valence-corrected chi connectivity index (χ2v) is 6.35. The van der Waals surface area contributed by atoms with Crippen molar-refractivity contribution >= 4 is 33.6 Å². The number of nitrogens with zero attached hydrogens (tertiary/aromatic N) is 1. The fourth-order valence-electron chi connectivity index (χ4n) is 2.39. The molecule has 0 bridgehead atoms. The zero-order valence-electron chi connectivity index (χ0n) is 12.1. The van der Waals surface area contributed by atoms with Crippen LogP contribution in [0.1, 0.15) is 25.3 Å². The van der Waals surface area contributed by atoms with E-state index in [2.05, 4.69) is 21.2 Å². The van der Waals surface area contributed by atoms with E-state index in [1.807, 2.05) is 25.1 Å². The van der Waals surface area contributed by atoms with Crippen molar-refractivity contribution in [2.75, 3.05) is 19.7 Å². The number of nitrogens with one attached hydrogen (secondary N) is 1. The Morgan fingerprint density at radius 2 is 2.19 bits per heavy atom. The van der Waals surface area contributed by atoms with Gasteiger partial charge >= 0.3 is 6.09 Å². The molecule has 1 heterocycles. The minimum absolute atomic E-state index is 0.197. The number of rotatable bonds is 4. The molecular weight excluding hydrogens is 356 g/mol. The molecule has 0 aliphatic carbocycles. The van der Waals surface area contributed by atoms with Crippen LogP contribution in [0.2, 0.25) is 5.02 Å². The van der Waals surface area contributed by atoms with E-state index < -0.39 is 0 Å². The third-order valence-electron chi connectivity index (χ3n) is 3.60. The Labute approximate surface area is 138 Å². The molecule has 0 unspecified atom stereocenters. The van der Waals surface area contributed by atoms with Gasteiger partial charge in [-0.3, -0.25) is 0 Å². The molecule has 21 heavy (non-hydrogen) atoms. The number of carbonyl (C=O) groups excluding carboxylic acids is 1. The molecule has 0 spiro atoms.